The van der Waals surface area contributed by atoms with Gasteiger partial charge in [0.05, 0.1) is 6.61 Å². The van der Waals surface area contributed by atoms with Gasteiger partial charge in [0.15, 0.2) is 6.23 Å². The van der Waals surface area contributed by atoms with E-state index in [4.69, 9.17) is 23.4 Å². The van der Waals surface area contributed by atoms with Crippen molar-refractivity contribution < 1.29 is 27.6 Å². The van der Waals surface area contributed by atoms with Gasteiger partial charge in [-0.25, -0.2) is 9.67 Å². The fourth-order valence-corrected chi connectivity index (χ4v) is 16.1. The molecule has 182 valence electrons. The minimum atomic E-state index is -2.87. The number of amides is 1. The van der Waals surface area contributed by atoms with Gasteiger partial charge in [0.1, 0.15) is 24.6 Å². The van der Waals surface area contributed by atoms with Crippen LogP contribution in [0.15, 0.2) is 6.33 Å². The number of primary amides is 1. The molecule has 2 aliphatic rings. The molecule has 2 fully saturated rings. The molecule has 1 amide bonds. The topological polar surface area (TPSA) is 131 Å². The highest BCUT2D eigenvalue weighted by Gasteiger charge is 2.61. The molecule has 3 heterocycles. The normalized spacial score (nSPS) is 30.0. The fourth-order valence-electron chi connectivity index (χ4n) is 4.87. The number of ether oxygens (including phenoxy) is 1. The van der Waals surface area contributed by atoms with Crippen molar-refractivity contribution in [1.29, 1.82) is 0 Å². The van der Waals surface area contributed by atoms with Crippen molar-refractivity contribution in [2.45, 2.75) is 102 Å². The van der Waals surface area contributed by atoms with Gasteiger partial charge in [-0.05, 0) is 22.2 Å². The standard InChI is InChI=1S/C20H38N4O6Si2/c1-11(2)31(12(3)4)27-9-15-17(29-32(30-31,13(5)6)14(7)8)16(25)20(28-15)24-10-22-19(23-24)18(21)26/h10-17,20,25H,9H2,1-8H3,(H2,21,26)/t15-,16-,17-,20-/m1/s1. The molecule has 3 rings (SSSR count). The Morgan fingerprint density at radius 3 is 2.12 bits per heavy atom. The summed E-state index contributed by atoms with van der Waals surface area (Å²) in [7, 11) is -5.57. The van der Waals surface area contributed by atoms with Crippen LogP contribution in [-0.4, -0.2) is 67.8 Å². The Hall–Kier alpha value is -1.16. The Bertz CT molecular complexity index is 802. The molecule has 12 heteroatoms. The number of nitrogens with two attached hydrogens (primary N) is 1. The van der Waals surface area contributed by atoms with E-state index in [1.54, 1.807) is 0 Å². The molecule has 0 aromatic carbocycles. The first-order valence-corrected chi connectivity index (χ1v) is 15.4. The quantitative estimate of drug-likeness (QED) is 0.587. The van der Waals surface area contributed by atoms with Gasteiger partial charge in [0, 0.05) is 0 Å². The monoisotopic (exact) mass is 486 g/mol. The van der Waals surface area contributed by atoms with E-state index in [-0.39, 0.29) is 34.6 Å². The van der Waals surface area contributed by atoms with Crippen molar-refractivity contribution in [1.82, 2.24) is 14.8 Å². The predicted molar refractivity (Wildman–Crippen MR) is 122 cm³/mol. The number of nitrogens with zero attached hydrogens (tertiary/aromatic N) is 3. The van der Waals surface area contributed by atoms with Crippen molar-refractivity contribution in [2.75, 3.05) is 6.61 Å². The highest BCUT2D eigenvalue weighted by molar-refractivity contribution is 6.83. The lowest BCUT2D eigenvalue weighted by Gasteiger charge is -2.51. The summed E-state index contributed by atoms with van der Waals surface area (Å²) in [5.41, 5.74) is 5.96. The van der Waals surface area contributed by atoms with Crippen LogP contribution in [-0.2, 0) is 17.7 Å². The third kappa shape index (κ3) is 4.21. The number of carbonyl (C=O) groups is 1. The van der Waals surface area contributed by atoms with E-state index in [1.165, 1.54) is 11.0 Å². The van der Waals surface area contributed by atoms with Crippen molar-refractivity contribution in [3.63, 3.8) is 0 Å². The van der Waals surface area contributed by atoms with E-state index in [1.807, 2.05) is 0 Å². The summed E-state index contributed by atoms with van der Waals surface area (Å²) in [6.07, 6.45) is -1.72. The number of rotatable bonds is 6. The molecule has 2 saturated heterocycles. The smallest absolute Gasteiger partial charge is 0.335 e. The lowest BCUT2D eigenvalue weighted by atomic mass is 10.1. The molecule has 0 radical (unpaired) electrons. The summed E-state index contributed by atoms with van der Waals surface area (Å²) >= 11 is 0. The van der Waals surface area contributed by atoms with Crippen LogP contribution in [0.4, 0.5) is 0 Å². The van der Waals surface area contributed by atoms with Gasteiger partial charge in [-0.1, -0.05) is 55.4 Å². The number of hydrogen-bond donors (Lipinski definition) is 2. The summed E-state index contributed by atoms with van der Waals surface area (Å²) in [5.74, 6) is -0.879. The Morgan fingerprint density at radius 1 is 1.09 bits per heavy atom. The summed E-state index contributed by atoms with van der Waals surface area (Å²) in [6, 6.07) is 0. The third-order valence-corrected chi connectivity index (χ3v) is 16.9. The van der Waals surface area contributed by atoms with Crippen molar-refractivity contribution in [3.05, 3.63) is 12.2 Å². The highest BCUT2D eigenvalue weighted by atomic mass is 28.5. The number of aromatic nitrogens is 3. The van der Waals surface area contributed by atoms with Crippen LogP contribution in [0.1, 0.15) is 72.2 Å². The zero-order chi connectivity index (χ0) is 24.0. The van der Waals surface area contributed by atoms with E-state index < -0.39 is 47.6 Å². The molecular formula is C20H38N4O6Si2. The second kappa shape index (κ2) is 9.24. The van der Waals surface area contributed by atoms with Gasteiger partial charge in [-0.15, -0.1) is 5.10 Å². The van der Waals surface area contributed by atoms with Gasteiger partial charge < -0.3 is 28.5 Å². The van der Waals surface area contributed by atoms with Crippen LogP contribution in [0.3, 0.4) is 0 Å². The maximum absolute atomic E-state index is 11.4. The van der Waals surface area contributed by atoms with Crippen molar-refractivity contribution in [2.24, 2.45) is 5.73 Å². The van der Waals surface area contributed by atoms with E-state index >= 15 is 0 Å². The lowest BCUT2D eigenvalue weighted by molar-refractivity contribution is -0.0631. The van der Waals surface area contributed by atoms with Gasteiger partial charge in [-0.3, -0.25) is 4.79 Å². The summed E-state index contributed by atoms with van der Waals surface area (Å²) < 4.78 is 28.1. The van der Waals surface area contributed by atoms with Gasteiger partial charge in [0.2, 0.25) is 5.82 Å². The molecule has 0 spiro atoms. The molecule has 1 aromatic heterocycles. The summed E-state index contributed by atoms with van der Waals surface area (Å²) in [6.45, 7) is 17.4. The minimum absolute atomic E-state index is 0.133. The van der Waals surface area contributed by atoms with Crippen LogP contribution >= 0.6 is 0 Å². The fraction of sp³-hybridized carbons (Fsp3) is 0.850. The summed E-state index contributed by atoms with van der Waals surface area (Å²) in [5, 5.41) is 15.3. The Labute approximate surface area is 192 Å². The average Bonchev–Trinajstić information content (AvgIpc) is 3.27. The van der Waals surface area contributed by atoms with Crippen LogP contribution in [0.5, 0.6) is 0 Å². The van der Waals surface area contributed by atoms with Crippen molar-refractivity contribution in [3.8, 4) is 0 Å². The van der Waals surface area contributed by atoms with Crippen LogP contribution in [0.2, 0.25) is 22.2 Å². The number of aliphatic hydroxyl groups is 1. The molecule has 0 unspecified atom stereocenters. The van der Waals surface area contributed by atoms with Crippen LogP contribution in [0, 0.1) is 0 Å². The van der Waals surface area contributed by atoms with E-state index in [0.717, 1.165) is 0 Å². The van der Waals surface area contributed by atoms with Gasteiger partial charge in [-0.2, -0.15) is 0 Å². The molecule has 10 nitrogen and oxygen atoms in total. The van der Waals surface area contributed by atoms with E-state index in [9.17, 15) is 9.90 Å². The SMILES string of the molecule is CC(C)[Si]1(C(C)C)OC[C@H]2O[C@@H](n3cnc(C(N)=O)n3)[C@H](O)[C@@H]2O[Si](C(C)C)(C(C)C)O1. The third-order valence-electron chi connectivity index (χ3n) is 6.63. The van der Waals surface area contributed by atoms with Crippen molar-refractivity contribution >= 4 is 23.0 Å². The van der Waals surface area contributed by atoms with Crippen LogP contribution < -0.4 is 5.73 Å². The molecule has 0 saturated carbocycles. The Balaban J connectivity index is 2.03. The first-order chi connectivity index (χ1) is 14.9. The average molecular weight is 487 g/mol. The number of fused-ring (bicyclic) bond motifs is 1. The molecule has 2 aliphatic heterocycles. The molecule has 1 aromatic rings. The molecular weight excluding hydrogens is 448 g/mol. The van der Waals surface area contributed by atoms with Gasteiger partial charge >= 0.3 is 17.1 Å². The van der Waals surface area contributed by atoms with E-state index in [0.29, 0.717) is 0 Å². The summed E-state index contributed by atoms with van der Waals surface area (Å²) in [4.78, 5) is 15.3. The number of aliphatic hydroxyl groups excluding tert-OH is 1. The largest absolute Gasteiger partial charge is 0.414 e. The van der Waals surface area contributed by atoms with Crippen LogP contribution in [0.25, 0.3) is 0 Å². The van der Waals surface area contributed by atoms with Gasteiger partial charge in [0.25, 0.3) is 5.91 Å². The Morgan fingerprint density at radius 2 is 1.66 bits per heavy atom. The molecule has 3 N–H and O–H groups in total. The molecule has 0 bridgehead atoms. The zero-order valence-electron chi connectivity index (χ0n) is 20.3. The molecule has 32 heavy (non-hydrogen) atoms. The number of hydrogen-bond acceptors (Lipinski definition) is 8. The molecule has 4 atom stereocenters. The first kappa shape index (κ1) is 25.5. The molecule has 0 aliphatic carbocycles. The second-order valence-electron chi connectivity index (χ2n) is 10.0. The maximum Gasteiger partial charge on any atom is 0.335 e. The second-order valence-corrected chi connectivity index (χ2v) is 18.9. The Kier molecular flexibility index (Phi) is 7.35. The number of carbonyl (C=O) groups excluding carboxylic acids is 1. The van der Waals surface area contributed by atoms with E-state index in [2.05, 4.69) is 65.5 Å². The lowest BCUT2D eigenvalue weighted by Crippen LogP contribution is -2.65. The predicted octanol–water partition coefficient (Wildman–Crippen LogP) is 2.59. The first-order valence-electron chi connectivity index (χ1n) is 11.4. The maximum atomic E-state index is 11.4. The highest BCUT2D eigenvalue weighted by Crippen LogP contribution is 2.48. The minimum Gasteiger partial charge on any atom is -0.414 e. The zero-order valence-corrected chi connectivity index (χ0v) is 22.3.